The third-order valence-electron chi connectivity index (χ3n) is 3.87. The van der Waals surface area contributed by atoms with Gasteiger partial charge in [-0.1, -0.05) is 6.07 Å². The van der Waals surface area contributed by atoms with E-state index in [0.717, 1.165) is 24.9 Å². The molecule has 0 spiro atoms. The lowest BCUT2D eigenvalue weighted by molar-refractivity contribution is -0.123. The van der Waals surface area contributed by atoms with Gasteiger partial charge in [0.25, 0.3) is 5.91 Å². The van der Waals surface area contributed by atoms with Gasteiger partial charge in [0.2, 0.25) is 5.91 Å². The van der Waals surface area contributed by atoms with Crippen molar-refractivity contribution in [1.82, 2.24) is 10.6 Å². The molecule has 0 radical (unpaired) electrons. The summed E-state index contributed by atoms with van der Waals surface area (Å²) in [5.74, 6) is 0.527. The number of amides is 2. The topological polar surface area (TPSA) is 79.5 Å². The Morgan fingerprint density at radius 1 is 1.45 bits per heavy atom. The molecule has 6 nitrogen and oxygen atoms in total. The fraction of sp³-hybridized carbons (Fsp3) is 0.467. The van der Waals surface area contributed by atoms with E-state index in [2.05, 4.69) is 16.0 Å². The zero-order valence-electron chi connectivity index (χ0n) is 12.3. The van der Waals surface area contributed by atoms with Gasteiger partial charge in [-0.15, -0.1) is 12.4 Å². The Morgan fingerprint density at radius 2 is 2.27 bits per heavy atom. The van der Waals surface area contributed by atoms with Crippen molar-refractivity contribution in [2.24, 2.45) is 0 Å². The lowest BCUT2D eigenvalue weighted by Gasteiger charge is -2.21. The molecule has 0 saturated carbocycles. The van der Waals surface area contributed by atoms with Crippen LogP contribution in [0.2, 0.25) is 0 Å². The molecular formula is C15H20ClN3O3. The maximum Gasteiger partial charge on any atom is 0.262 e. The number of fused-ring (bicyclic) bond motifs is 1. The molecule has 22 heavy (non-hydrogen) atoms. The van der Waals surface area contributed by atoms with Crippen LogP contribution in [0.15, 0.2) is 18.2 Å². The number of nitrogens with one attached hydrogen (secondary N) is 3. The van der Waals surface area contributed by atoms with Crippen molar-refractivity contribution in [2.45, 2.75) is 31.8 Å². The second kappa shape index (κ2) is 6.98. The molecule has 2 aliphatic heterocycles. The quantitative estimate of drug-likeness (QED) is 0.784. The molecular weight excluding hydrogens is 306 g/mol. The van der Waals surface area contributed by atoms with Crippen LogP contribution in [-0.2, 0) is 9.59 Å². The molecule has 0 aliphatic carbocycles. The standard InChI is InChI=1S/C15H19N3O3.ClH/c1-9(17-15(20)11-3-2-6-16-11)10-4-5-13-12(7-10)18-14(19)8-21-13;/h4-5,7,9,11,16H,2-3,6,8H2,1H3,(H,17,20)(H,18,19);1H. The maximum absolute atomic E-state index is 12.1. The van der Waals surface area contributed by atoms with Gasteiger partial charge in [-0.2, -0.15) is 0 Å². The summed E-state index contributed by atoms with van der Waals surface area (Å²) in [4.78, 5) is 23.4. The van der Waals surface area contributed by atoms with E-state index < -0.39 is 0 Å². The van der Waals surface area contributed by atoms with Gasteiger partial charge in [-0.05, 0) is 44.0 Å². The normalized spacial score (nSPS) is 21.0. The van der Waals surface area contributed by atoms with Gasteiger partial charge in [0.05, 0.1) is 17.8 Å². The summed E-state index contributed by atoms with van der Waals surface area (Å²) in [6, 6.07) is 5.36. The van der Waals surface area contributed by atoms with Gasteiger partial charge in [0.15, 0.2) is 6.61 Å². The van der Waals surface area contributed by atoms with Crippen LogP contribution in [0.1, 0.15) is 31.4 Å². The molecule has 1 saturated heterocycles. The second-order valence-electron chi connectivity index (χ2n) is 5.47. The Labute approximate surface area is 135 Å². The molecule has 2 heterocycles. The highest BCUT2D eigenvalue weighted by Crippen LogP contribution is 2.30. The van der Waals surface area contributed by atoms with Crippen molar-refractivity contribution in [3.05, 3.63) is 23.8 Å². The zero-order chi connectivity index (χ0) is 14.8. The number of halogens is 1. The summed E-state index contributed by atoms with van der Waals surface area (Å²) in [7, 11) is 0. The fourth-order valence-electron chi connectivity index (χ4n) is 2.68. The predicted octanol–water partition coefficient (Wildman–Crippen LogP) is 1.37. The minimum atomic E-state index is -0.161. The van der Waals surface area contributed by atoms with Crippen molar-refractivity contribution >= 4 is 29.9 Å². The maximum atomic E-state index is 12.1. The van der Waals surface area contributed by atoms with Gasteiger partial charge in [-0.25, -0.2) is 0 Å². The molecule has 2 unspecified atom stereocenters. The highest BCUT2D eigenvalue weighted by molar-refractivity contribution is 5.95. The zero-order valence-corrected chi connectivity index (χ0v) is 13.2. The molecule has 1 aromatic carbocycles. The van der Waals surface area contributed by atoms with E-state index in [9.17, 15) is 9.59 Å². The van der Waals surface area contributed by atoms with Crippen LogP contribution < -0.4 is 20.7 Å². The Morgan fingerprint density at radius 3 is 3.00 bits per heavy atom. The Balaban J connectivity index is 0.00000176. The van der Waals surface area contributed by atoms with Gasteiger partial charge in [-0.3, -0.25) is 9.59 Å². The van der Waals surface area contributed by atoms with Crippen LogP contribution in [0.25, 0.3) is 0 Å². The summed E-state index contributed by atoms with van der Waals surface area (Å²) in [6.07, 6.45) is 1.92. The number of hydrogen-bond donors (Lipinski definition) is 3. The highest BCUT2D eigenvalue weighted by atomic mass is 35.5. The smallest absolute Gasteiger partial charge is 0.262 e. The van der Waals surface area contributed by atoms with Crippen molar-refractivity contribution in [3.8, 4) is 5.75 Å². The molecule has 2 amide bonds. The van der Waals surface area contributed by atoms with E-state index in [-0.39, 0.29) is 42.9 Å². The lowest BCUT2D eigenvalue weighted by Crippen LogP contribution is -2.41. The number of anilines is 1. The molecule has 7 heteroatoms. The van der Waals surface area contributed by atoms with Gasteiger partial charge < -0.3 is 20.7 Å². The van der Waals surface area contributed by atoms with Crippen LogP contribution in [0.4, 0.5) is 5.69 Å². The number of ether oxygens (including phenoxy) is 1. The molecule has 0 aromatic heterocycles. The number of hydrogen-bond acceptors (Lipinski definition) is 4. The van der Waals surface area contributed by atoms with Gasteiger partial charge >= 0.3 is 0 Å². The number of benzene rings is 1. The van der Waals surface area contributed by atoms with E-state index in [1.807, 2.05) is 25.1 Å². The van der Waals surface area contributed by atoms with Crippen LogP contribution in [0.5, 0.6) is 5.75 Å². The van der Waals surface area contributed by atoms with Crippen molar-refractivity contribution in [1.29, 1.82) is 0 Å². The van der Waals surface area contributed by atoms with E-state index in [1.54, 1.807) is 0 Å². The number of carbonyl (C=O) groups is 2. The van der Waals surface area contributed by atoms with Gasteiger partial charge in [0.1, 0.15) is 5.75 Å². The summed E-state index contributed by atoms with van der Waals surface area (Å²) in [6.45, 7) is 2.88. The monoisotopic (exact) mass is 325 g/mol. The molecule has 1 aromatic rings. The highest BCUT2D eigenvalue weighted by Gasteiger charge is 2.24. The molecule has 120 valence electrons. The average Bonchev–Trinajstić information content (AvgIpc) is 3.00. The summed E-state index contributed by atoms with van der Waals surface area (Å²) >= 11 is 0. The Kier molecular flexibility index (Phi) is 5.26. The van der Waals surface area contributed by atoms with Crippen LogP contribution >= 0.6 is 12.4 Å². The van der Waals surface area contributed by atoms with E-state index in [1.165, 1.54) is 0 Å². The first-order chi connectivity index (χ1) is 10.1. The predicted molar refractivity (Wildman–Crippen MR) is 85.4 cm³/mol. The molecule has 3 N–H and O–H groups in total. The SMILES string of the molecule is CC(NC(=O)C1CCCN1)c1ccc2c(c1)NC(=O)CO2.Cl. The first-order valence-electron chi connectivity index (χ1n) is 7.24. The largest absolute Gasteiger partial charge is 0.482 e. The molecule has 0 bridgehead atoms. The van der Waals surface area contributed by atoms with Crippen LogP contribution in [0, 0.1) is 0 Å². The van der Waals surface area contributed by atoms with E-state index >= 15 is 0 Å². The number of rotatable bonds is 3. The van der Waals surface area contributed by atoms with E-state index in [4.69, 9.17) is 4.74 Å². The lowest BCUT2D eigenvalue weighted by atomic mass is 10.1. The average molecular weight is 326 g/mol. The Bertz CT molecular complexity index is 573. The summed E-state index contributed by atoms with van der Waals surface area (Å²) in [5, 5.41) is 8.96. The van der Waals surface area contributed by atoms with Crippen molar-refractivity contribution < 1.29 is 14.3 Å². The molecule has 2 aliphatic rings. The third-order valence-corrected chi connectivity index (χ3v) is 3.87. The molecule has 1 fully saturated rings. The third kappa shape index (κ3) is 3.51. The first-order valence-corrected chi connectivity index (χ1v) is 7.24. The molecule has 2 atom stereocenters. The Hall–Kier alpha value is -1.79. The molecule has 3 rings (SSSR count). The second-order valence-corrected chi connectivity index (χ2v) is 5.47. The summed E-state index contributed by atoms with van der Waals surface area (Å²) in [5.41, 5.74) is 1.59. The van der Waals surface area contributed by atoms with Crippen LogP contribution in [0.3, 0.4) is 0 Å². The minimum Gasteiger partial charge on any atom is -0.482 e. The van der Waals surface area contributed by atoms with Crippen molar-refractivity contribution in [3.63, 3.8) is 0 Å². The van der Waals surface area contributed by atoms with Gasteiger partial charge in [0, 0.05) is 0 Å². The van der Waals surface area contributed by atoms with Crippen LogP contribution in [-0.4, -0.2) is 31.0 Å². The van der Waals surface area contributed by atoms with Crippen molar-refractivity contribution in [2.75, 3.05) is 18.5 Å². The first kappa shape index (κ1) is 16.6. The minimum absolute atomic E-state index is 0. The summed E-state index contributed by atoms with van der Waals surface area (Å²) < 4.78 is 5.32. The van der Waals surface area contributed by atoms with E-state index in [0.29, 0.717) is 11.4 Å². The number of carbonyl (C=O) groups excluding carboxylic acids is 2. The fourth-order valence-corrected chi connectivity index (χ4v) is 2.68.